The van der Waals surface area contributed by atoms with E-state index >= 15 is 0 Å². The molecule has 2 fully saturated rings. The van der Waals surface area contributed by atoms with Crippen molar-refractivity contribution in [3.05, 3.63) is 0 Å². The Bertz CT molecular complexity index is 456. The summed E-state index contributed by atoms with van der Waals surface area (Å²) in [6.45, 7) is 4.72. The Morgan fingerprint density at radius 2 is 1.92 bits per heavy atom. The van der Waals surface area contributed by atoms with Gasteiger partial charge in [0.1, 0.15) is 6.04 Å². The minimum Gasteiger partial charge on any atom is -0.331 e. The van der Waals surface area contributed by atoms with E-state index in [0.717, 1.165) is 38.0 Å². The van der Waals surface area contributed by atoms with Crippen molar-refractivity contribution in [3.8, 4) is 0 Å². The minimum absolute atomic E-state index is 0.0286. The average molecular weight is 336 g/mol. The molecule has 0 aromatic rings. The molecule has 0 spiro atoms. The molecule has 1 atom stereocenters. The SMILES string of the molecule is CCCCC1CCC(C(=O)NC(=O)C(CC)N2CCCC2=O)CC1. The summed E-state index contributed by atoms with van der Waals surface area (Å²) in [4.78, 5) is 38.3. The first-order valence-corrected chi connectivity index (χ1v) is 9.71. The summed E-state index contributed by atoms with van der Waals surface area (Å²) < 4.78 is 0. The Morgan fingerprint density at radius 3 is 2.46 bits per heavy atom. The van der Waals surface area contributed by atoms with Crippen molar-refractivity contribution in [2.45, 2.75) is 84.1 Å². The third kappa shape index (κ3) is 4.81. The van der Waals surface area contributed by atoms with Crippen LogP contribution in [-0.4, -0.2) is 35.2 Å². The van der Waals surface area contributed by atoms with E-state index in [9.17, 15) is 14.4 Å². The van der Waals surface area contributed by atoms with E-state index < -0.39 is 6.04 Å². The second-order valence-corrected chi connectivity index (χ2v) is 7.33. The molecule has 136 valence electrons. The lowest BCUT2D eigenvalue weighted by atomic mass is 9.79. The number of carbonyl (C=O) groups excluding carboxylic acids is 3. The molecular formula is C19H32N2O3. The van der Waals surface area contributed by atoms with Crippen molar-refractivity contribution in [2.24, 2.45) is 11.8 Å². The van der Waals surface area contributed by atoms with Gasteiger partial charge in [-0.05, 0) is 44.4 Å². The van der Waals surface area contributed by atoms with Gasteiger partial charge < -0.3 is 4.90 Å². The predicted octanol–water partition coefficient (Wildman–Crippen LogP) is 3.03. The van der Waals surface area contributed by atoms with Gasteiger partial charge in [0, 0.05) is 18.9 Å². The summed E-state index contributed by atoms with van der Waals surface area (Å²) in [5, 5.41) is 2.58. The van der Waals surface area contributed by atoms with Crippen LogP contribution in [0.1, 0.15) is 78.1 Å². The number of rotatable bonds is 7. The van der Waals surface area contributed by atoms with Gasteiger partial charge in [-0.2, -0.15) is 0 Å². The average Bonchev–Trinajstić information content (AvgIpc) is 3.00. The Kier molecular flexibility index (Phi) is 7.25. The summed E-state index contributed by atoms with van der Waals surface area (Å²) in [6, 6.07) is -0.496. The lowest BCUT2D eigenvalue weighted by molar-refractivity contribution is -0.141. The lowest BCUT2D eigenvalue weighted by Crippen LogP contribution is -2.50. The molecule has 0 radical (unpaired) electrons. The van der Waals surface area contributed by atoms with Crippen LogP contribution in [0.15, 0.2) is 0 Å². The van der Waals surface area contributed by atoms with Gasteiger partial charge in [-0.25, -0.2) is 0 Å². The molecule has 1 aliphatic heterocycles. The van der Waals surface area contributed by atoms with Crippen molar-refractivity contribution in [3.63, 3.8) is 0 Å². The quantitative estimate of drug-likeness (QED) is 0.777. The van der Waals surface area contributed by atoms with Crippen LogP contribution in [0.25, 0.3) is 0 Å². The van der Waals surface area contributed by atoms with Crippen LogP contribution in [0.3, 0.4) is 0 Å². The van der Waals surface area contributed by atoms with Gasteiger partial charge in [0.2, 0.25) is 17.7 Å². The van der Waals surface area contributed by atoms with Crippen LogP contribution in [-0.2, 0) is 14.4 Å². The fourth-order valence-corrected chi connectivity index (χ4v) is 4.06. The molecule has 2 rings (SSSR count). The van der Waals surface area contributed by atoms with Crippen LogP contribution >= 0.6 is 0 Å². The van der Waals surface area contributed by atoms with E-state index in [1.54, 1.807) is 4.90 Å². The third-order valence-electron chi connectivity index (χ3n) is 5.61. The molecule has 1 aliphatic carbocycles. The van der Waals surface area contributed by atoms with Crippen LogP contribution in [0.2, 0.25) is 0 Å². The molecule has 2 aliphatic rings. The lowest BCUT2D eigenvalue weighted by Gasteiger charge is -2.29. The molecule has 1 saturated heterocycles. The summed E-state index contributed by atoms with van der Waals surface area (Å²) in [5.41, 5.74) is 0. The van der Waals surface area contributed by atoms with E-state index in [2.05, 4.69) is 12.2 Å². The molecule has 1 N–H and O–H groups in total. The maximum Gasteiger partial charge on any atom is 0.249 e. The number of imide groups is 1. The fourth-order valence-electron chi connectivity index (χ4n) is 4.06. The van der Waals surface area contributed by atoms with E-state index in [1.165, 1.54) is 19.3 Å². The van der Waals surface area contributed by atoms with Gasteiger partial charge >= 0.3 is 0 Å². The molecule has 1 saturated carbocycles. The van der Waals surface area contributed by atoms with Crippen molar-refractivity contribution in [1.29, 1.82) is 0 Å². The zero-order valence-corrected chi connectivity index (χ0v) is 15.2. The largest absolute Gasteiger partial charge is 0.331 e. The van der Waals surface area contributed by atoms with E-state index in [0.29, 0.717) is 19.4 Å². The van der Waals surface area contributed by atoms with Gasteiger partial charge in [-0.3, -0.25) is 19.7 Å². The molecule has 1 unspecified atom stereocenters. The number of unbranched alkanes of at least 4 members (excludes halogenated alkanes) is 1. The number of likely N-dealkylation sites (tertiary alicyclic amines) is 1. The molecule has 0 aromatic heterocycles. The minimum atomic E-state index is -0.496. The number of hydrogen-bond donors (Lipinski definition) is 1. The number of hydrogen-bond acceptors (Lipinski definition) is 3. The van der Waals surface area contributed by atoms with E-state index in [1.807, 2.05) is 6.92 Å². The standard InChI is InChI=1S/C19H32N2O3/c1-3-5-7-14-9-11-15(12-10-14)18(23)20-19(24)16(4-2)21-13-6-8-17(21)22/h14-16H,3-13H2,1-2H3,(H,20,23,24). The van der Waals surface area contributed by atoms with E-state index in [4.69, 9.17) is 0 Å². The zero-order chi connectivity index (χ0) is 17.5. The molecule has 5 nitrogen and oxygen atoms in total. The summed E-state index contributed by atoms with van der Waals surface area (Å²) >= 11 is 0. The van der Waals surface area contributed by atoms with Gasteiger partial charge in [0.05, 0.1) is 0 Å². The highest BCUT2D eigenvalue weighted by atomic mass is 16.2. The number of amides is 3. The monoisotopic (exact) mass is 336 g/mol. The highest BCUT2D eigenvalue weighted by Gasteiger charge is 2.34. The van der Waals surface area contributed by atoms with Crippen LogP contribution in [0.5, 0.6) is 0 Å². The second kappa shape index (κ2) is 9.19. The zero-order valence-electron chi connectivity index (χ0n) is 15.2. The van der Waals surface area contributed by atoms with Crippen LogP contribution in [0.4, 0.5) is 0 Å². The van der Waals surface area contributed by atoms with Crippen molar-refractivity contribution < 1.29 is 14.4 Å². The number of carbonyl (C=O) groups is 3. The summed E-state index contributed by atoms with van der Waals surface area (Å²) in [6.07, 6.45) is 9.57. The topological polar surface area (TPSA) is 66.5 Å². The van der Waals surface area contributed by atoms with Crippen molar-refractivity contribution in [1.82, 2.24) is 10.2 Å². The normalized spacial score (nSPS) is 25.6. The van der Waals surface area contributed by atoms with Crippen molar-refractivity contribution >= 4 is 17.7 Å². The van der Waals surface area contributed by atoms with Crippen LogP contribution < -0.4 is 5.32 Å². The maximum absolute atomic E-state index is 12.4. The predicted molar refractivity (Wildman–Crippen MR) is 93.1 cm³/mol. The maximum atomic E-state index is 12.4. The highest BCUT2D eigenvalue weighted by Crippen LogP contribution is 2.32. The number of nitrogens with zero attached hydrogens (tertiary/aromatic N) is 1. The Balaban J connectivity index is 1.81. The second-order valence-electron chi connectivity index (χ2n) is 7.33. The molecule has 5 heteroatoms. The van der Waals surface area contributed by atoms with Crippen LogP contribution in [0, 0.1) is 11.8 Å². The summed E-state index contributed by atoms with van der Waals surface area (Å²) in [5.74, 6) is 0.291. The molecule has 24 heavy (non-hydrogen) atoms. The number of nitrogens with one attached hydrogen (secondary N) is 1. The Hall–Kier alpha value is -1.39. The van der Waals surface area contributed by atoms with Gasteiger partial charge in [-0.1, -0.05) is 33.1 Å². The molecule has 0 aromatic carbocycles. The summed E-state index contributed by atoms with van der Waals surface area (Å²) in [7, 11) is 0. The highest BCUT2D eigenvalue weighted by molar-refractivity contribution is 6.00. The van der Waals surface area contributed by atoms with E-state index in [-0.39, 0.29) is 23.6 Å². The van der Waals surface area contributed by atoms with Gasteiger partial charge in [0.25, 0.3) is 0 Å². The molecule has 1 heterocycles. The smallest absolute Gasteiger partial charge is 0.249 e. The molecule has 3 amide bonds. The fraction of sp³-hybridized carbons (Fsp3) is 0.842. The third-order valence-corrected chi connectivity index (χ3v) is 5.61. The molecular weight excluding hydrogens is 304 g/mol. The first-order chi connectivity index (χ1) is 11.6. The Morgan fingerprint density at radius 1 is 1.21 bits per heavy atom. The first kappa shape index (κ1) is 18.9. The molecule has 0 bridgehead atoms. The van der Waals surface area contributed by atoms with Gasteiger partial charge in [0.15, 0.2) is 0 Å². The Labute approximate surface area is 145 Å². The first-order valence-electron chi connectivity index (χ1n) is 9.71. The van der Waals surface area contributed by atoms with Gasteiger partial charge in [-0.15, -0.1) is 0 Å². The van der Waals surface area contributed by atoms with Crippen molar-refractivity contribution in [2.75, 3.05) is 6.54 Å².